The summed E-state index contributed by atoms with van der Waals surface area (Å²) in [4.78, 5) is 13.4. The zero-order valence-electron chi connectivity index (χ0n) is 8.44. The molecule has 0 N–H and O–H groups in total. The van der Waals surface area contributed by atoms with Gasteiger partial charge in [0.2, 0.25) is 5.91 Å². The van der Waals surface area contributed by atoms with Crippen molar-refractivity contribution in [3.63, 3.8) is 0 Å². The normalized spacial score (nSPS) is 14.6. The highest BCUT2D eigenvalue weighted by molar-refractivity contribution is 5.96. The summed E-state index contributed by atoms with van der Waals surface area (Å²) in [6.07, 6.45) is 1.76. The number of hydrogen-bond donors (Lipinski definition) is 0. The minimum absolute atomic E-state index is 0.129. The van der Waals surface area contributed by atoms with E-state index in [0.717, 1.165) is 12.1 Å². The second kappa shape index (κ2) is 4.14. The van der Waals surface area contributed by atoms with Gasteiger partial charge in [-0.3, -0.25) is 4.79 Å². The molecule has 1 aromatic carbocycles. The minimum Gasteiger partial charge on any atom is -0.311 e. The molecule has 15 heavy (non-hydrogen) atoms. The molecule has 0 unspecified atom stereocenters. The summed E-state index contributed by atoms with van der Waals surface area (Å²) in [6, 6.07) is 9.97. The van der Waals surface area contributed by atoms with Crippen molar-refractivity contribution < 1.29 is 4.79 Å². The lowest BCUT2D eigenvalue weighted by Crippen LogP contribution is -2.35. The third kappa shape index (κ3) is 1.84. The molecule has 1 amide bonds. The first kappa shape index (κ1) is 9.72. The summed E-state index contributed by atoms with van der Waals surface area (Å²) in [7, 11) is 0. The fraction of sp³-hybridized carbons (Fsp3) is 0.333. The van der Waals surface area contributed by atoms with Crippen LogP contribution in [0.2, 0.25) is 0 Å². The summed E-state index contributed by atoms with van der Waals surface area (Å²) in [5.41, 5.74) is 2.18. The summed E-state index contributed by atoms with van der Waals surface area (Å²) in [6.45, 7) is 0.506. The van der Waals surface area contributed by atoms with Crippen molar-refractivity contribution in [2.75, 3.05) is 11.4 Å². The first-order valence-corrected chi connectivity index (χ1v) is 5.08. The van der Waals surface area contributed by atoms with Crippen molar-refractivity contribution in [1.29, 1.82) is 5.26 Å². The predicted molar refractivity (Wildman–Crippen MR) is 57.3 cm³/mol. The van der Waals surface area contributed by atoms with Crippen LogP contribution in [0, 0.1) is 11.3 Å². The van der Waals surface area contributed by atoms with Gasteiger partial charge >= 0.3 is 0 Å². The van der Waals surface area contributed by atoms with Gasteiger partial charge in [0.05, 0.1) is 12.5 Å². The number of anilines is 1. The van der Waals surface area contributed by atoms with Gasteiger partial charge in [0.15, 0.2) is 0 Å². The van der Waals surface area contributed by atoms with Gasteiger partial charge in [0, 0.05) is 18.7 Å². The molecule has 0 radical (unpaired) electrons. The highest BCUT2D eigenvalue weighted by Crippen LogP contribution is 2.27. The second-order valence-corrected chi connectivity index (χ2v) is 3.58. The van der Waals surface area contributed by atoms with E-state index < -0.39 is 0 Å². The second-order valence-electron chi connectivity index (χ2n) is 3.58. The number of fused-ring (bicyclic) bond motifs is 1. The fourth-order valence-corrected chi connectivity index (χ4v) is 1.90. The molecule has 1 aliphatic heterocycles. The molecule has 1 aromatic rings. The zero-order valence-corrected chi connectivity index (χ0v) is 8.44. The number of amides is 1. The standard InChI is InChI=1S/C12H12N2O/c13-8-3-9-14-11-5-2-1-4-10(11)6-7-12(14)15/h1-2,4-5H,3,6-7,9H2. The Labute approximate surface area is 88.9 Å². The first-order valence-electron chi connectivity index (χ1n) is 5.08. The average molecular weight is 200 g/mol. The van der Waals surface area contributed by atoms with E-state index in [1.165, 1.54) is 5.56 Å². The number of benzene rings is 1. The van der Waals surface area contributed by atoms with Crippen LogP contribution in [0.5, 0.6) is 0 Å². The molecular formula is C12H12N2O. The largest absolute Gasteiger partial charge is 0.311 e. The van der Waals surface area contributed by atoms with Crippen molar-refractivity contribution in [1.82, 2.24) is 0 Å². The molecule has 0 atom stereocenters. The number of carbonyl (C=O) groups excluding carboxylic acids is 1. The Hall–Kier alpha value is -1.82. The van der Waals surface area contributed by atoms with Crippen LogP contribution >= 0.6 is 0 Å². The maximum Gasteiger partial charge on any atom is 0.227 e. The van der Waals surface area contributed by atoms with E-state index >= 15 is 0 Å². The van der Waals surface area contributed by atoms with Crippen LogP contribution in [-0.4, -0.2) is 12.5 Å². The Morgan fingerprint density at radius 2 is 2.13 bits per heavy atom. The molecule has 0 aromatic heterocycles. The summed E-state index contributed by atoms with van der Waals surface area (Å²) in [5.74, 6) is 0.129. The molecule has 3 heteroatoms. The SMILES string of the molecule is N#CCCN1C(=O)CCc2ccccc21. The van der Waals surface area contributed by atoms with Gasteiger partial charge in [-0.2, -0.15) is 5.26 Å². The Balaban J connectivity index is 2.29. The van der Waals surface area contributed by atoms with Gasteiger partial charge in [-0.25, -0.2) is 0 Å². The van der Waals surface area contributed by atoms with Crippen molar-refractivity contribution in [2.45, 2.75) is 19.3 Å². The number of nitriles is 1. The number of hydrogen-bond acceptors (Lipinski definition) is 2. The van der Waals surface area contributed by atoms with Crippen LogP contribution in [0.4, 0.5) is 5.69 Å². The molecule has 2 rings (SSSR count). The summed E-state index contributed by atoms with van der Waals surface area (Å²) < 4.78 is 0. The van der Waals surface area contributed by atoms with Gasteiger partial charge in [-0.1, -0.05) is 18.2 Å². The summed E-state index contributed by atoms with van der Waals surface area (Å²) >= 11 is 0. The lowest BCUT2D eigenvalue weighted by molar-refractivity contribution is -0.118. The Kier molecular flexibility index (Phi) is 2.68. The lowest BCUT2D eigenvalue weighted by atomic mass is 10.0. The van der Waals surface area contributed by atoms with Crippen LogP contribution in [0.3, 0.4) is 0 Å². The molecule has 1 heterocycles. The molecule has 0 spiro atoms. The van der Waals surface area contributed by atoms with Crippen molar-refractivity contribution in [3.8, 4) is 6.07 Å². The predicted octanol–water partition coefficient (Wildman–Crippen LogP) is 1.88. The van der Waals surface area contributed by atoms with Gasteiger partial charge < -0.3 is 4.90 Å². The van der Waals surface area contributed by atoms with Crippen LogP contribution in [0.1, 0.15) is 18.4 Å². The summed E-state index contributed by atoms with van der Waals surface area (Å²) in [5, 5.41) is 8.54. The fourth-order valence-electron chi connectivity index (χ4n) is 1.90. The third-order valence-electron chi connectivity index (χ3n) is 2.64. The Bertz CT molecular complexity index is 420. The quantitative estimate of drug-likeness (QED) is 0.731. The van der Waals surface area contributed by atoms with E-state index in [1.54, 1.807) is 4.90 Å². The number of nitrogens with zero attached hydrogens (tertiary/aromatic N) is 2. The number of carbonyl (C=O) groups is 1. The number of rotatable bonds is 2. The number of para-hydroxylation sites is 1. The average Bonchev–Trinajstić information content (AvgIpc) is 2.28. The van der Waals surface area contributed by atoms with E-state index in [-0.39, 0.29) is 5.91 Å². The van der Waals surface area contributed by atoms with Crippen molar-refractivity contribution >= 4 is 11.6 Å². The molecule has 0 fully saturated rings. The van der Waals surface area contributed by atoms with Crippen LogP contribution < -0.4 is 4.90 Å². The molecule has 0 bridgehead atoms. The maximum atomic E-state index is 11.7. The van der Waals surface area contributed by atoms with E-state index in [4.69, 9.17) is 5.26 Å². The Morgan fingerprint density at radius 1 is 1.33 bits per heavy atom. The lowest BCUT2D eigenvalue weighted by Gasteiger charge is -2.28. The van der Waals surface area contributed by atoms with Crippen LogP contribution in [0.15, 0.2) is 24.3 Å². The van der Waals surface area contributed by atoms with E-state index in [1.807, 2.05) is 24.3 Å². The smallest absolute Gasteiger partial charge is 0.227 e. The van der Waals surface area contributed by atoms with Crippen molar-refractivity contribution in [3.05, 3.63) is 29.8 Å². The van der Waals surface area contributed by atoms with Gasteiger partial charge in [-0.15, -0.1) is 0 Å². The molecule has 76 valence electrons. The van der Waals surface area contributed by atoms with Crippen LogP contribution in [0.25, 0.3) is 0 Å². The van der Waals surface area contributed by atoms with E-state index in [0.29, 0.717) is 19.4 Å². The number of aryl methyl sites for hydroxylation is 1. The van der Waals surface area contributed by atoms with Crippen LogP contribution in [-0.2, 0) is 11.2 Å². The topological polar surface area (TPSA) is 44.1 Å². The van der Waals surface area contributed by atoms with Gasteiger partial charge in [-0.05, 0) is 18.1 Å². The maximum absolute atomic E-state index is 11.7. The monoisotopic (exact) mass is 200 g/mol. The third-order valence-corrected chi connectivity index (χ3v) is 2.64. The Morgan fingerprint density at radius 3 is 2.93 bits per heavy atom. The zero-order chi connectivity index (χ0) is 10.7. The highest BCUT2D eigenvalue weighted by Gasteiger charge is 2.22. The minimum atomic E-state index is 0.129. The molecule has 0 saturated heterocycles. The highest BCUT2D eigenvalue weighted by atomic mass is 16.2. The van der Waals surface area contributed by atoms with E-state index in [9.17, 15) is 4.79 Å². The molecule has 0 aliphatic carbocycles. The van der Waals surface area contributed by atoms with Gasteiger partial charge in [0.25, 0.3) is 0 Å². The van der Waals surface area contributed by atoms with Crippen molar-refractivity contribution in [2.24, 2.45) is 0 Å². The molecule has 1 aliphatic rings. The first-order chi connectivity index (χ1) is 7.33. The molecule has 0 saturated carbocycles. The molecular weight excluding hydrogens is 188 g/mol. The van der Waals surface area contributed by atoms with Gasteiger partial charge in [0.1, 0.15) is 0 Å². The molecule has 3 nitrogen and oxygen atoms in total. The van der Waals surface area contributed by atoms with E-state index in [2.05, 4.69) is 6.07 Å².